The molecule has 2 heterocycles. The highest BCUT2D eigenvalue weighted by molar-refractivity contribution is 5.92. The van der Waals surface area contributed by atoms with Crippen molar-refractivity contribution in [2.24, 2.45) is 0 Å². The Morgan fingerprint density at radius 1 is 1.10 bits per heavy atom. The van der Waals surface area contributed by atoms with Crippen LogP contribution in [0.5, 0.6) is 0 Å². The van der Waals surface area contributed by atoms with Crippen LogP contribution in [0.15, 0.2) is 60.8 Å². The van der Waals surface area contributed by atoms with Crippen LogP contribution in [0.1, 0.15) is 31.7 Å². The highest BCUT2D eigenvalue weighted by Crippen LogP contribution is 2.24. The van der Waals surface area contributed by atoms with Gasteiger partial charge in [0.1, 0.15) is 5.82 Å². The molecular formula is C23H26FN5O. The smallest absolute Gasteiger partial charge is 0.228 e. The van der Waals surface area contributed by atoms with Gasteiger partial charge in [-0.05, 0) is 42.7 Å². The summed E-state index contributed by atoms with van der Waals surface area (Å²) in [6.07, 6.45) is 3.81. The van der Waals surface area contributed by atoms with E-state index in [4.69, 9.17) is 0 Å². The predicted octanol–water partition coefficient (Wildman–Crippen LogP) is 3.81. The molecule has 0 aliphatic carbocycles. The molecule has 1 aliphatic heterocycles. The standard InChI is InChI=1S/C23H26FN5O/c1-2-23(30)28(22-16-25-29(26-22)21-10-8-19(24)9-11-21)20-12-14-27(15-13-20)17-18-6-4-3-5-7-18/h3-11,16,20H,2,12-15,17H2,1H3. The highest BCUT2D eigenvalue weighted by atomic mass is 19.1. The molecule has 0 radical (unpaired) electrons. The summed E-state index contributed by atoms with van der Waals surface area (Å²) in [5.74, 6) is 0.284. The fourth-order valence-electron chi connectivity index (χ4n) is 3.93. The first-order chi connectivity index (χ1) is 14.6. The molecule has 0 unspecified atom stereocenters. The molecule has 3 aromatic rings. The SMILES string of the molecule is CCC(=O)N(c1cnn(-c2ccc(F)cc2)n1)C1CCN(Cc2ccccc2)CC1. The van der Waals surface area contributed by atoms with Crippen LogP contribution in [0.25, 0.3) is 5.69 Å². The number of likely N-dealkylation sites (tertiary alicyclic amines) is 1. The van der Waals surface area contributed by atoms with Gasteiger partial charge in [-0.1, -0.05) is 37.3 Å². The average Bonchev–Trinajstić information content (AvgIpc) is 3.26. The molecule has 0 spiro atoms. The molecule has 0 saturated carbocycles. The Morgan fingerprint density at radius 3 is 2.47 bits per heavy atom. The molecule has 0 bridgehead atoms. The van der Waals surface area contributed by atoms with Crippen LogP contribution in [-0.2, 0) is 11.3 Å². The maximum Gasteiger partial charge on any atom is 0.228 e. The molecule has 1 aliphatic rings. The van der Waals surface area contributed by atoms with Crippen molar-refractivity contribution in [1.82, 2.24) is 19.9 Å². The fourth-order valence-corrected chi connectivity index (χ4v) is 3.93. The number of halogens is 1. The van der Waals surface area contributed by atoms with E-state index in [9.17, 15) is 9.18 Å². The second kappa shape index (κ2) is 9.17. The summed E-state index contributed by atoms with van der Waals surface area (Å²) in [5.41, 5.74) is 1.96. The number of amides is 1. The quantitative estimate of drug-likeness (QED) is 0.624. The molecule has 6 nitrogen and oxygen atoms in total. The van der Waals surface area contributed by atoms with Gasteiger partial charge in [0.25, 0.3) is 0 Å². The van der Waals surface area contributed by atoms with Crippen molar-refractivity contribution in [3.05, 3.63) is 72.2 Å². The number of aromatic nitrogens is 3. The Balaban J connectivity index is 1.46. The van der Waals surface area contributed by atoms with Crippen LogP contribution >= 0.6 is 0 Å². The van der Waals surface area contributed by atoms with Crippen molar-refractivity contribution in [3.8, 4) is 5.69 Å². The molecule has 156 valence electrons. The minimum atomic E-state index is -0.309. The van der Waals surface area contributed by atoms with E-state index in [0.717, 1.165) is 32.5 Å². The number of nitrogens with zero attached hydrogens (tertiary/aromatic N) is 5. The third kappa shape index (κ3) is 4.57. The van der Waals surface area contributed by atoms with E-state index in [1.165, 1.54) is 22.5 Å². The number of anilines is 1. The normalized spacial score (nSPS) is 15.3. The Labute approximate surface area is 175 Å². The van der Waals surface area contributed by atoms with E-state index in [-0.39, 0.29) is 17.8 Å². The molecular weight excluding hydrogens is 381 g/mol. The summed E-state index contributed by atoms with van der Waals surface area (Å²) >= 11 is 0. The van der Waals surface area contributed by atoms with Crippen molar-refractivity contribution >= 4 is 11.7 Å². The minimum absolute atomic E-state index is 0.0441. The lowest BCUT2D eigenvalue weighted by Crippen LogP contribution is -2.47. The van der Waals surface area contributed by atoms with Gasteiger partial charge in [0.05, 0.1) is 11.9 Å². The first kappa shape index (κ1) is 20.2. The third-order valence-electron chi connectivity index (χ3n) is 5.53. The molecule has 4 rings (SSSR count). The fraction of sp³-hybridized carbons (Fsp3) is 0.348. The van der Waals surface area contributed by atoms with E-state index >= 15 is 0 Å². The van der Waals surface area contributed by atoms with Gasteiger partial charge in [-0.15, -0.1) is 9.90 Å². The molecule has 1 aromatic heterocycles. The molecule has 1 amide bonds. The Hall–Kier alpha value is -3.06. The van der Waals surface area contributed by atoms with Crippen molar-refractivity contribution in [2.75, 3.05) is 18.0 Å². The Kier molecular flexibility index (Phi) is 6.18. The summed E-state index contributed by atoms with van der Waals surface area (Å²) in [5, 5.41) is 8.81. The van der Waals surface area contributed by atoms with Crippen molar-refractivity contribution in [1.29, 1.82) is 0 Å². The predicted molar refractivity (Wildman–Crippen MR) is 114 cm³/mol. The molecule has 0 N–H and O–H groups in total. The minimum Gasteiger partial charge on any atom is -0.299 e. The monoisotopic (exact) mass is 407 g/mol. The van der Waals surface area contributed by atoms with E-state index in [2.05, 4.69) is 39.4 Å². The first-order valence-corrected chi connectivity index (χ1v) is 10.4. The summed E-state index contributed by atoms with van der Waals surface area (Å²) in [6.45, 7) is 4.65. The average molecular weight is 407 g/mol. The molecule has 1 fully saturated rings. The van der Waals surface area contributed by atoms with E-state index in [0.29, 0.717) is 17.9 Å². The number of hydrogen-bond donors (Lipinski definition) is 0. The van der Waals surface area contributed by atoms with E-state index in [1.807, 2.05) is 13.0 Å². The van der Waals surface area contributed by atoms with Crippen molar-refractivity contribution in [2.45, 2.75) is 38.8 Å². The largest absolute Gasteiger partial charge is 0.299 e. The van der Waals surface area contributed by atoms with Gasteiger partial charge < -0.3 is 0 Å². The molecule has 2 aromatic carbocycles. The van der Waals surface area contributed by atoms with E-state index < -0.39 is 0 Å². The summed E-state index contributed by atoms with van der Waals surface area (Å²) < 4.78 is 13.2. The van der Waals surface area contributed by atoms with Crippen LogP contribution in [-0.4, -0.2) is 44.9 Å². The molecule has 30 heavy (non-hydrogen) atoms. The Bertz CT molecular complexity index is 965. The topological polar surface area (TPSA) is 54.3 Å². The van der Waals surface area contributed by atoms with Gasteiger partial charge in [0.15, 0.2) is 5.82 Å². The summed E-state index contributed by atoms with van der Waals surface area (Å²) in [7, 11) is 0. The summed E-state index contributed by atoms with van der Waals surface area (Å²) in [6, 6.07) is 16.5. The highest BCUT2D eigenvalue weighted by Gasteiger charge is 2.30. The molecule has 0 atom stereocenters. The molecule has 1 saturated heterocycles. The van der Waals surface area contributed by atoms with Crippen molar-refractivity contribution in [3.63, 3.8) is 0 Å². The zero-order chi connectivity index (χ0) is 20.9. The second-order valence-corrected chi connectivity index (χ2v) is 7.58. The number of rotatable bonds is 6. The maximum atomic E-state index is 13.2. The van der Waals surface area contributed by atoms with Crippen LogP contribution in [0.2, 0.25) is 0 Å². The number of benzene rings is 2. The first-order valence-electron chi connectivity index (χ1n) is 10.4. The zero-order valence-electron chi connectivity index (χ0n) is 17.1. The van der Waals surface area contributed by atoms with Gasteiger partial charge in [0, 0.05) is 32.1 Å². The maximum absolute atomic E-state index is 13.2. The van der Waals surface area contributed by atoms with Gasteiger partial charge in [-0.2, -0.15) is 5.10 Å². The number of piperidine rings is 1. The third-order valence-corrected chi connectivity index (χ3v) is 5.53. The van der Waals surface area contributed by atoms with Gasteiger partial charge >= 0.3 is 0 Å². The van der Waals surface area contributed by atoms with Gasteiger partial charge in [0.2, 0.25) is 5.91 Å². The van der Waals surface area contributed by atoms with Gasteiger partial charge in [-0.3, -0.25) is 14.6 Å². The van der Waals surface area contributed by atoms with Crippen molar-refractivity contribution < 1.29 is 9.18 Å². The lowest BCUT2D eigenvalue weighted by atomic mass is 10.0. The van der Waals surface area contributed by atoms with Crippen LogP contribution in [0.4, 0.5) is 10.2 Å². The van der Waals surface area contributed by atoms with Gasteiger partial charge in [-0.25, -0.2) is 4.39 Å². The van der Waals surface area contributed by atoms with Crippen LogP contribution in [0.3, 0.4) is 0 Å². The van der Waals surface area contributed by atoms with Crippen LogP contribution in [0, 0.1) is 5.82 Å². The van der Waals surface area contributed by atoms with Crippen LogP contribution < -0.4 is 4.90 Å². The summed E-state index contributed by atoms with van der Waals surface area (Å²) in [4.78, 5) is 18.4. The lowest BCUT2D eigenvalue weighted by Gasteiger charge is -2.37. The van der Waals surface area contributed by atoms with E-state index in [1.54, 1.807) is 23.2 Å². The second-order valence-electron chi connectivity index (χ2n) is 7.58. The zero-order valence-corrected chi connectivity index (χ0v) is 17.1. The number of carbonyl (C=O) groups is 1. The lowest BCUT2D eigenvalue weighted by molar-refractivity contribution is -0.119. The molecule has 7 heteroatoms. The number of hydrogen-bond acceptors (Lipinski definition) is 4. The number of carbonyl (C=O) groups excluding carboxylic acids is 1. The Morgan fingerprint density at radius 2 is 1.80 bits per heavy atom.